The van der Waals surface area contributed by atoms with Crippen molar-refractivity contribution in [3.8, 4) is 22.3 Å². The minimum atomic E-state index is -0.136. The van der Waals surface area contributed by atoms with E-state index in [-0.39, 0.29) is 5.41 Å². The number of benzene rings is 19. The minimum absolute atomic E-state index is 0.136. The van der Waals surface area contributed by atoms with Crippen LogP contribution in [-0.2, 0) is 5.41 Å². The zero-order valence-electron chi connectivity index (χ0n) is 63.8. The molecule has 0 saturated carbocycles. The molecule has 7 heteroatoms. The Kier molecular flexibility index (Phi) is 16.4. The highest BCUT2D eigenvalue weighted by atomic mass is 32.1. The van der Waals surface area contributed by atoms with Gasteiger partial charge in [0.05, 0.1) is 28.1 Å². The number of para-hydroxylation sites is 6. The number of thiophene rings is 1. The second-order valence-corrected chi connectivity index (χ2v) is 31.7. The van der Waals surface area contributed by atoms with Gasteiger partial charge in [-0.15, -0.1) is 11.3 Å². The Balaban J connectivity index is 0.000000142. The lowest BCUT2D eigenvalue weighted by Crippen LogP contribution is -2.16. The highest BCUT2D eigenvalue weighted by Crippen LogP contribution is 2.57. The summed E-state index contributed by atoms with van der Waals surface area (Å²) in [6.07, 6.45) is 0. The SMILES string of the molecule is CC1(C)c2ccccc2-c2ccc(N(c3cccc(-c4ccccc4)c3)c3cc4sc5cc(N(c6ccccc6)c6ccccc6)c6ccccc6c5c4c4ccccc34)cc21.c1ccc(N(c2ccc3oc4ccccc4c3c2)c2c3ccccc3cc3c2oc2cc4ccccc4c(N(c4ccccc4)c4ccccc4)c23)cc1. The maximum Gasteiger partial charge on any atom is 0.160 e. The van der Waals surface area contributed by atoms with Crippen molar-refractivity contribution in [2.24, 2.45) is 0 Å². The Morgan fingerprint density at radius 2 is 0.647 bits per heavy atom. The molecule has 0 aliphatic heterocycles. The van der Waals surface area contributed by atoms with Crippen molar-refractivity contribution in [3.05, 3.63) is 424 Å². The van der Waals surface area contributed by atoms with Gasteiger partial charge in [-0.05, 0) is 188 Å². The quantitative estimate of drug-likeness (QED) is 0.115. The average Bonchev–Trinajstić information content (AvgIpc) is 1.54. The molecule has 0 atom stereocenters. The molecule has 6 nitrogen and oxygen atoms in total. The van der Waals surface area contributed by atoms with E-state index in [4.69, 9.17) is 8.83 Å². The Hall–Kier alpha value is -14.8. The lowest BCUT2D eigenvalue weighted by molar-refractivity contribution is 0.660. The number of anilines is 12. The zero-order valence-corrected chi connectivity index (χ0v) is 64.6. The predicted octanol–water partition coefficient (Wildman–Crippen LogP) is 32.0. The van der Waals surface area contributed by atoms with Gasteiger partial charge in [0.25, 0.3) is 0 Å². The fraction of sp³-hybridized carbons (Fsp3) is 0.0275. The number of nitrogens with zero attached hydrogens (tertiary/aromatic N) is 4. The maximum atomic E-state index is 7.24. The first-order valence-corrected chi connectivity index (χ1v) is 40.5. The molecule has 0 fully saturated rings. The van der Waals surface area contributed by atoms with Crippen LogP contribution in [0.25, 0.3) is 129 Å². The predicted molar refractivity (Wildman–Crippen MR) is 492 cm³/mol. The summed E-state index contributed by atoms with van der Waals surface area (Å²) in [6, 6.07) is 149. The molecule has 0 amide bonds. The van der Waals surface area contributed by atoms with Crippen molar-refractivity contribution < 1.29 is 8.83 Å². The van der Waals surface area contributed by atoms with Gasteiger partial charge in [0.15, 0.2) is 5.58 Å². The van der Waals surface area contributed by atoms with Crippen molar-refractivity contribution >= 4 is 187 Å². The standard InChI is InChI=1S/C59H42N2S.C50H32N2O2/c1-59(2)51-32-17-16-27-45(51)46-34-33-44(36-52(46)59)61(43-26-18-21-40(35-43)39-19-6-3-7-20-39)54-38-56-58(50-31-15-13-29-48(50)54)57-49-30-14-12-28-47(49)53(37-55(57)62-56)60(41-22-8-4-9-23-41)42-24-10-5-11-25-42;1-4-18-35(19-5-1)51(36-20-6-2-7-21-36)48-39-24-12-11-17-34(39)31-46-47(48)43-30-33-16-10-13-25-40(33)49(50(43)54-46)52(37-22-8-3-9-23-37)38-28-29-45-42(32-38)41-26-14-15-27-44(41)53-45/h3-38H,1-2H3;1-32H. The van der Waals surface area contributed by atoms with Gasteiger partial charge in [0, 0.05) is 109 Å². The molecular formula is C109H74N4O2S. The lowest BCUT2D eigenvalue weighted by atomic mass is 9.82. The van der Waals surface area contributed by atoms with Crippen LogP contribution in [0.2, 0.25) is 0 Å². The highest BCUT2D eigenvalue weighted by Gasteiger charge is 2.37. The van der Waals surface area contributed by atoms with E-state index in [1.165, 1.54) is 80.8 Å². The normalized spacial score (nSPS) is 12.3. The fourth-order valence-corrected chi connectivity index (χ4v) is 19.5. The van der Waals surface area contributed by atoms with E-state index in [2.05, 4.69) is 434 Å². The lowest BCUT2D eigenvalue weighted by Gasteiger charge is -2.29. The van der Waals surface area contributed by atoms with Crippen LogP contribution in [0.4, 0.5) is 68.2 Å². The van der Waals surface area contributed by atoms with E-state index in [0.29, 0.717) is 0 Å². The molecule has 0 spiro atoms. The smallest absolute Gasteiger partial charge is 0.160 e. The van der Waals surface area contributed by atoms with Crippen LogP contribution < -0.4 is 19.6 Å². The van der Waals surface area contributed by atoms with E-state index in [0.717, 1.165) is 128 Å². The molecule has 23 rings (SSSR count). The van der Waals surface area contributed by atoms with E-state index in [1.807, 2.05) is 23.5 Å². The van der Waals surface area contributed by atoms with Crippen LogP contribution in [0, 0.1) is 0 Å². The first-order valence-electron chi connectivity index (χ1n) is 39.7. The summed E-state index contributed by atoms with van der Waals surface area (Å²) in [6.45, 7) is 4.74. The topological polar surface area (TPSA) is 39.2 Å². The van der Waals surface area contributed by atoms with Crippen LogP contribution >= 0.6 is 11.3 Å². The van der Waals surface area contributed by atoms with Gasteiger partial charge in [0.1, 0.15) is 16.7 Å². The summed E-state index contributed by atoms with van der Waals surface area (Å²) in [5.41, 5.74) is 24.2. The zero-order chi connectivity index (χ0) is 77.0. The number of hydrogen-bond donors (Lipinski definition) is 0. The maximum absolute atomic E-state index is 7.24. The largest absolute Gasteiger partial charge is 0.456 e. The Morgan fingerprint density at radius 1 is 0.233 bits per heavy atom. The molecule has 0 saturated heterocycles. The van der Waals surface area contributed by atoms with Gasteiger partial charge < -0.3 is 28.4 Å². The highest BCUT2D eigenvalue weighted by molar-refractivity contribution is 7.26. The molecule has 0 radical (unpaired) electrons. The second kappa shape index (κ2) is 27.9. The van der Waals surface area contributed by atoms with Gasteiger partial charge in [-0.2, -0.15) is 0 Å². The fourth-order valence-electron chi connectivity index (χ4n) is 18.3. The van der Waals surface area contributed by atoms with Crippen molar-refractivity contribution in [2.45, 2.75) is 19.3 Å². The van der Waals surface area contributed by atoms with Crippen LogP contribution in [0.15, 0.2) is 421 Å². The van der Waals surface area contributed by atoms with Crippen molar-refractivity contribution in [3.63, 3.8) is 0 Å². The van der Waals surface area contributed by atoms with Crippen LogP contribution in [0.5, 0.6) is 0 Å². The van der Waals surface area contributed by atoms with Gasteiger partial charge >= 0.3 is 0 Å². The number of hydrogen-bond acceptors (Lipinski definition) is 7. The third-order valence-corrected chi connectivity index (χ3v) is 24.6. The van der Waals surface area contributed by atoms with Gasteiger partial charge in [-0.25, -0.2) is 0 Å². The number of furan rings is 2. The molecule has 1 aliphatic carbocycles. The summed E-state index contributed by atoms with van der Waals surface area (Å²) in [5.74, 6) is 0. The summed E-state index contributed by atoms with van der Waals surface area (Å²) >= 11 is 1.89. The van der Waals surface area contributed by atoms with Gasteiger partial charge in [-0.3, -0.25) is 0 Å². The van der Waals surface area contributed by atoms with Crippen molar-refractivity contribution in [1.29, 1.82) is 0 Å². The third-order valence-electron chi connectivity index (χ3n) is 23.5. The molecule has 3 heterocycles. The number of rotatable bonds is 13. The molecular weight excluding hydrogens is 1430 g/mol. The molecule has 1 aliphatic rings. The summed E-state index contributed by atoms with van der Waals surface area (Å²) in [5, 5.41) is 16.3. The Morgan fingerprint density at radius 3 is 1.24 bits per heavy atom. The minimum Gasteiger partial charge on any atom is -0.456 e. The third kappa shape index (κ3) is 11.3. The van der Waals surface area contributed by atoms with Gasteiger partial charge in [0.2, 0.25) is 0 Å². The van der Waals surface area contributed by atoms with Crippen molar-refractivity contribution in [2.75, 3.05) is 19.6 Å². The molecule has 22 aromatic rings. The van der Waals surface area contributed by atoms with E-state index in [9.17, 15) is 0 Å². The Labute approximate surface area is 675 Å². The van der Waals surface area contributed by atoms with Crippen LogP contribution in [-0.4, -0.2) is 0 Å². The van der Waals surface area contributed by atoms with E-state index < -0.39 is 0 Å². The first-order chi connectivity index (χ1) is 57.3. The van der Waals surface area contributed by atoms with Crippen molar-refractivity contribution in [1.82, 2.24) is 0 Å². The molecule has 3 aromatic heterocycles. The average molecular weight is 1500 g/mol. The van der Waals surface area contributed by atoms with Crippen LogP contribution in [0.1, 0.15) is 25.0 Å². The van der Waals surface area contributed by atoms with E-state index >= 15 is 0 Å². The monoisotopic (exact) mass is 1500 g/mol. The summed E-state index contributed by atoms with van der Waals surface area (Å²) < 4.78 is 16.1. The Bertz CT molecular complexity index is 7490. The molecule has 548 valence electrons. The molecule has 0 unspecified atom stereocenters. The van der Waals surface area contributed by atoms with Crippen LogP contribution in [0.3, 0.4) is 0 Å². The van der Waals surface area contributed by atoms with Gasteiger partial charge in [-0.1, -0.05) is 293 Å². The summed E-state index contributed by atoms with van der Waals surface area (Å²) in [7, 11) is 0. The first kappa shape index (κ1) is 68.1. The summed E-state index contributed by atoms with van der Waals surface area (Å²) in [4.78, 5) is 9.64. The second-order valence-electron chi connectivity index (χ2n) is 30.6. The molecule has 0 N–H and O–H groups in total. The molecule has 0 bridgehead atoms. The molecule has 19 aromatic carbocycles. The molecule has 116 heavy (non-hydrogen) atoms. The van der Waals surface area contributed by atoms with E-state index in [1.54, 1.807) is 0 Å². The number of fused-ring (bicyclic) bond motifs is 18.